The zero-order valence-corrected chi connectivity index (χ0v) is 13.7. The molecule has 3 aromatic rings. The lowest BCUT2D eigenvalue weighted by molar-refractivity contribution is 0.402. The maximum Gasteiger partial charge on any atom is 0.221 e. The first-order chi connectivity index (χ1) is 11.2. The Morgan fingerprint density at radius 2 is 1.39 bits per heavy atom. The highest BCUT2D eigenvalue weighted by atomic mass is 16.5. The highest BCUT2D eigenvalue weighted by Crippen LogP contribution is 2.35. The van der Waals surface area contributed by atoms with Gasteiger partial charge in [-0.1, -0.05) is 6.07 Å². The number of aromatic nitrogens is 1. The number of pyridine rings is 1. The lowest BCUT2D eigenvalue weighted by atomic mass is 10.0. The fourth-order valence-corrected chi connectivity index (χ4v) is 2.71. The minimum Gasteiger partial charge on any atom is -0.497 e. The van der Waals surface area contributed by atoms with Gasteiger partial charge >= 0.3 is 0 Å². The Bertz CT molecular complexity index is 841. The van der Waals surface area contributed by atoms with Crippen LogP contribution < -0.4 is 14.2 Å². The third kappa shape index (κ3) is 2.68. The molecule has 0 fully saturated rings. The van der Waals surface area contributed by atoms with Gasteiger partial charge in [0.25, 0.3) is 0 Å². The molecule has 0 aliphatic heterocycles. The zero-order valence-electron chi connectivity index (χ0n) is 13.7. The molecule has 118 valence electrons. The molecule has 2 aromatic carbocycles. The van der Waals surface area contributed by atoms with Gasteiger partial charge in [-0.2, -0.15) is 0 Å². The van der Waals surface area contributed by atoms with Gasteiger partial charge in [0.1, 0.15) is 11.5 Å². The summed E-state index contributed by atoms with van der Waals surface area (Å²) in [6, 6.07) is 13.8. The van der Waals surface area contributed by atoms with Gasteiger partial charge < -0.3 is 14.2 Å². The largest absolute Gasteiger partial charge is 0.497 e. The van der Waals surface area contributed by atoms with Gasteiger partial charge in [0.05, 0.1) is 27.0 Å². The summed E-state index contributed by atoms with van der Waals surface area (Å²) in [5, 5.41) is 2.05. The van der Waals surface area contributed by atoms with Crippen LogP contribution >= 0.6 is 0 Å². The fraction of sp³-hybridized carbons (Fsp3) is 0.211. The van der Waals surface area contributed by atoms with E-state index >= 15 is 0 Å². The third-order valence-electron chi connectivity index (χ3n) is 3.99. The van der Waals surface area contributed by atoms with Crippen molar-refractivity contribution in [3.63, 3.8) is 0 Å². The van der Waals surface area contributed by atoms with Crippen LogP contribution in [0, 0.1) is 6.92 Å². The van der Waals surface area contributed by atoms with E-state index in [1.165, 1.54) is 0 Å². The summed E-state index contributed by atoms with van der Waals surface area (Å²) in [5.41, 5.74) is 3.04. The minimum absolute atomic E-state index is 0.593. The second-order valence-electron chi connectivity index (χ2n) is 5.23. The van der Waals surface area contributed by atoms with E-state index in [4.69, 9.17) is 19.2 Å². The number of nitrogens with zero attached hydrogens (tertiary/aromatic N) is 1. The number of hydrogen-bond acceptors (Lipinski definition) is 4. The molecule has 0 radical (unpaired) electrons. The van der Waals surface area contributed by atoms with Gasteiger partial charge in [0, 0.05) is 10.9 Å². The Kier molecular flexibility index (Phi) is 4.06. The van der Waals surface area contributed by atoms with Crippen molar-refractivity contribution in [1.29, 1.82) is 0 Å². The number of hydrogen-bond donors (Lipinski definition) is 0. The molecule has 0 aliphatic rings. The average Bonchev–Trinajstić information content (AvgIpc) is 2.62. The molecule has 0 aliphatic carbocycles. The van der Waals surface area contributed by atoms with Crippen molar-refractivity contribution in [2.45, 2.75) is 6.92 Å². The van der Waals surface area contributed by atoms with Crippen molar-refractivity contribution in [1.82, 2.24) is 4.98 Å². The number of aryl methyl sites for hydroxylation is 1. The molecule has 0 amide bonds. The molecule has 23 heavy (non-hydrogen) atoms. The van der Waals surface area contributed by atoms with Crippen molar-refractivity contribution in [2.24, 2.45) is 0 Å². The molecule has 0 saturated carbocycles. The molecule has 0 spiro atoms. The monoisotopic (exact) mass is 309 g/mol. The van der Waals surface area contributed by atoms with E-state index in [0.717, 1.165) is 39.1 Å². The summed E-state index contributed by atoms with van der Waals surface area (Å²) in [5.74, 6) is 2.20. The summed E-state index contributed by atoms with van der Waals surface area (Å²) in [6.07, 6.45) is 0. The minimum atomic E-state index is 0.593. The number of methoxy groups -OCH3 is 3. The molecule has 0 saturated heterocycles. The van der Waals surface area contributed by atoms with Crippen LogP contribution in [0.5, 0.6) is 17.4 Å². The van der Waals surface area contributed by atoms with Gasteiger partial charge in [-0.25, -0.2) is 4.98 Å². The Morgan fingerprint density at radius 1 is 0.739 bits per heavy atom. The lowest BCUT2D eigenvalue weighted by Crippen LogP contribution is -1.97. The molecule has 0 unspecified atom stereocenters. The van der Waals surface area contributed by atoms with Crippen LogP contribution in [-0.4, -0.2) is 26.3 Å². The molecule has 3 rings (SSSR count). The first-order valence-electron chi connectivity index (χ1n) is 7.34. The molecule has 4 heteroatoms. The molecule has 1 aromatic heterocycles. The topological polar surface area (TPSA) is 40.6 Å². The Hall–Kier alpha value is -2.75. The van der Waals surface area contributed by atoms with Gasteiger partial charge in [0.15, 0.2) is 0 Å². The number of fused-ring (bicyclic) bond motifs is 1. The Balaban J connectivity index is 2.23. The van der Waals surface area contributed by atoms with E-state index in [-0.39, 0.29) is 0 Å². The lowest BCUT2D eigenvalue weighted by Gasteiger charge is -2.14. The van der Waals surface area contributed by atoms with Crippen LogP contribution in [0.1, 0.15) is 5.56 Å². The molecule has 4 nitrogen and oxygen atoms in total. The first kappa shape index (κ1) is 15.2. The van der Waals surface area contributed by atoms with E-state index in [1.807, 2.05) is 42.5 Å². The summed E-state index contributed by atoms with van der Waals surface area (Å²) < 4.78 is 16.0. The summed E-state index contributed by atoms with van der Waals surface area (Å²) >= 11 is 0. The van der Waals surface area contributed by atoms with Crippen molar-refractivity contribution >= 4 is 10.8 Å². The molecular formula is C19H19NO3. The van der Waals surface area contributed by atoms with E-state index in [0.29, 0.717) is 5.88 Å². The maximum atomic E-state index is 5.50. The Morgan fingerprint density at radius 3 is 2.00 bits per heavy atom. The van der Waals surface area contributed by atoms with Gasteiger partial charge in [0.2, 0.25) is 5.88 Å². The van der Waals surface area contributed by atoms with E-state index in [2.05, 4.69) is 6.92 Å². The number of ether oxygens (including phenoxy) is 3. The molecular weight excluding hydrogens is 290 g/mol. The Labute approximate surface area is 135 Å². The normalized spacial score (nSPS) is 10.6. The number of benzene rings is 2. The maximum absolute atomic E-state index is 5.50. The highest BCUT2D eigenvalue weighted by Gasteiger charge is 2.14. The van der Waals surface area contributed by atoms with Crippen LogP contribution in [-0.2, 0) is 0 Å². The quantitative estimate of drug-likeness (QED) is 0.723. The van der Waals surface area contributed by atoms with E-state index in [9.17, 15) is 0 Å². The average molecular weight is 309 g/mol. The first-order valence-corrected chi connectivity index (χ1v) is 7.34. The SMILES string of the molecule is COc1ccc(-c2nc(OC)c3cc(OC)ccc3c2C)cc1. The van der Waals surface area contributed by atoms with Crippen molar-refractivity contribution in [2.75, 3.05) is 21.3 Å². The molecule has 0 N–H and O–H groups in total. The second kappa shape index (κ2) is 6.16. The van der Waals surface area contributed by atoms with Gasteiger partial charge in [-0.3, -0.25) is 0 Å². The molecule has 1 heterocycles. The van der Waals surface area contributed by atoms with Crippen molar-refractivity contribution < 1.29 is 14.2 Å². The predicted molar refractivity (Wildman–Crippen MR) is 91.6 cm³/mol. The number of rotatable bonds is 4. The van der Waals surface area contributed by atoms with Crippen molar-refractivity contribution in [3.8, 4) is 28.6 Å². The van der Waals surface area contributed by atoms with Crippen molar-refractivity contribution in [3.05, 3.63) is 48.0 Å². The third-order valence-corrected chi connectivity index (χ3v) is 3.99. The summed E-state index contributed by atoms with van der Waals surface area (Å²) in [7, 11) is 4.94. The van der Waals surface area contributed by atoms with E-state index < -0.39 is 0 Å². The summed E-state index contributed by atoms with van der Waals surface area (Å²) in [4.78, 5) is 4.70. The highest BCUT2D eigenvalue weighted by molar-refractivity contribution is 5.94. The summed E-state index contributed by atoms with van der Waals surface area (Å²) in [6.45, 7) is 2.07. The molecule has 0 atom stereocenters. The van der Waals surface area contributed by atoms with Crippen LogP contribution in [0.2, 0.25) is 0 Å². The van der Waals surface area contributed by atoms with Crippen LogP contribution in [0.15, 0.2) is 42.5 Å². The fourth-order valence-electron chi connectivity index (χ4n) is 2.71. The van der Waals surface area contributed by atoms with Gasteiger partial charge in [-0.15, -0.1) is 0 Å². The standard InChI is InChI=1S/C19H19NO3/c1-12-16-10-9-15(22-3)11-17(16)19(23-4)20-18(12)13-5-7-14(21-2)8-6-13/h5-11H,1-4H3. The predicted octanol–water partition coefficient (Wildman–Crippen LogP) is 4.24. The zero-order chi connectivity index (χ0) is 16.4. The second-order valence-corrected chi connectivity index (χ2v) is 5.23. The van der Waals surface area contributed by atoms with Crippen LogP contribution in [0.3, 0.4) is 0 Å². The van der Waals surface area contributed by atoms with Crippen LogP contribution in [0.4, 0.5) is 0 Å². The van der Waals surface area contributed by atoms with Gasteiger partial charge in [-0.05, 0) is 54.3 Å². The van der Waals surface area contributed by atoms with Crippen LogP contribution in [0.25, 0.3) is 22.0 Å². The molecule has 0 bridgehead atoms. The van der Waals surface area contributed by atoms with E-state index in [1.54, 1.807) is 21.3 Å². The smallest absolute Gasteiger partial charge is 0.221 e.